The van der Waals surface area contributed by atoms with E-state index in [1.807, 2.05) is 25.1 Å². The number of hydrogen-bond donors (Lipinski definition) is 0. The van der Waals surface area contributed by atoms with E-state index in [-0.39, 0.29) is 5.97 Å². The summed E-state index contributed by atoms with van der Waals surface area (Å²) in [6.45, 7) is 4.12. The fourth-order valence-corrected chi connectivity index (χ4v) is 1.41. The molecular weight excluding hydrogens is 248 g/mol. The van der Waals surface area contributed by atoms with Crippen molar-refractivity contribution in [2.24, 2.45) is 0 Å². The topological polar surface area (TPSA) is 26.3 Å². The first-order valence-electron chi connectivity index (χ1n) is 6.56. The summed E-state index contributed by atoms with van der Waals surface area (Å²) >= 11 is 5.38. The van der Waals surface area contributed by atoms with Crippen molar-refractivity contribution in [2.75, 3.05) is 5.88 Å². The molecule has 0 amide bonds. The van der Waals surface area contributed by atoms with Crippen molar-refractivity contribution in [1.29, 1.82) is 0 Å². The third-order valence-electron chi connectivity index (χ3n) is 2.17. The van der Waals surface area contributed by atoms with Gasteiger partial charge in [-0.2, -0.15) is 0 Å². The van der Waals surface area contributed by atoms with Gasteiger partial charge in [0.1, 0.15) is 5.75 Å². The van der Waals surface area contributed by atoms with Gasteiger partial charge in [-0.05, 0) is 25.0 Å². The van der Waals surface area contributed by atoms with Crippen LogP contribution in [0.15, 0.2) is 30.3 Å². The molecule has 0 saturated carbocycles. The highest BCUT2D eigenvalue weighted by molar-refractivity contribution is 6.17. The van der Waals surface area contributed by atoms with Crippen LogP contribution in [0.4, 0.5) is 0 Å². The molecule has 0 aliphatic carbocycles. The first-order valence-corrected chi connectivity index (χ1v) is 7.09. The molecule has 2 nitrogen and oxygen atoms in total. The minimum absolute atomic E-state index is 0.163. The molecule has 0 heterocycles. The number of rotatable bonds is 6. The van der Waals surface area contributed by atoms with Gasteiger partial charge < -0.3 is 4.74 Å². The van der Waals surface area contributed by atoms with Crippen molar-refractivity contribution < 1.29 is 9.53 Å². The van der Waals surface area contributed by atoms with Crippen LogP contribution in [-0.2, 0) is 4.79 Å². The van der Waals surface area contributed by atoms with Gasteiger partial charge >= 0.3 is 5.97 Å². The number of carbonyl (C=O) groups is 1. The average molecular weight is 271 g/mol. The first-order chi connectivity index (χ1) is 8.74. The minimum atomic E-state index is -0.163. The van der Waals surface area contributed by atoms with Crippen molar-refractivity contribution in [1.82, 2.24) is 0 Å². The lowest BCUT2D eigenvalue weighted by Crippen LogP contribution is -2.06. The Labute approximate surface area is 115 Å². The monoisotopic (exact) mass is 270 g/mol. The van der Waals surface area contributed by atoms with E-state index in [1.54, 1.807) is 12.1 Å². The summed E-state index contributed by atoms with van der Waals surface area (Å²) in [6, 6.07) is 9.11. The van der Waals surface area contributed by atoms with Crippen LogP contribution in [0.5, 0.6) is 5.75 Å². The van der Waals surface area contributed by atoms with Gasteiger partial charge in [0.15, 0.2) is 0 Å². The number of benzene rings is 1. The lowest BCUT2D eigenvalue weighted by Gasteiger charge is -2.01. The number of esters is 1. The molecule has 1 aromatic rings. The Bertz CT molecular complexity index is 295. The molecule has 0 bridgehead atoms. The third kappa shape index (κ3) is 10.2. The van der Waals surface area contributed by atoms with E-state index in [0.29, 0.717) is 12.2 Å². The standard InChI is InChI=1S/C10H12O2.C5H11Cl/c1-2-6-10(11)12-9-7-4-3-5-8-9;1-2-3-4-5-6/h3-5,7-8H,2,6H2,1H3;2-5H2,1H3. The Hall–Kier alpha value is -1.02. The Morgan fingerprint density at radius 3 is 2.22 bits per heavy atom. The van der Waals surface area contributed by atoms with Crippen LogP contribution in [-0.4, -0.2) is 11.8 Å². The van der Waals surface area contributed by atoms with E-state index >= 15 is 0 Å². The van der Waals surface area contributed by atoms with Crippen LogP contribution in [0, 0.1) is 0 Å². The van der Waals surface area contributed by atoms with Crippen molar-refractivity contribution in [2.45, 2.75) is 46.0 Å². The fraction of sp³-hybridized carbons (Fsp3) is 0.533. The maximum absolute atomic E-state index is 11.0. The molecule has 0 radical (unpaired) electrons. The smallest absolute Gasteiger partial charge is 0.311 e. The normalized spacial score (nSPS) is 9.28. The molecule has 0 spiro atoms. The minimum Gasteiger partial charge on any atom is -0.427 e. The summed E-state index contributed by atoms with van der Waals surface area (Å²) in [5.41, 5.74) is 0. The predicted octanol–water partition coefficient (Wildman–Crippen LogP) is 4.81. The number of hydrogen-bond acceptors (Lipinski definition) is 2. The van der Waals surface area contributed by atoms with Gasteiger partial charge in [-0.1, -0.05) is 44.9 Å². The Morgan fingerprint density at radius 1 is 1.11 bits per heavy atom. The number of alkyl halides is 1. The zero-order valence-corrected chi connectivity index (χ0v) is 12.1. The highest BCUT2D eigenvalue weighted by atomic mass is 35.5. The van der Waals surface area contributed by atoms with Gasteiger partial charge in [0, 0.05) is 12.3 Å². The molecule has 0 fully saturated rings. The van der Waals surface area contributed by atoms with E-state index in [4.69, 9.17) is 16.3 Å². The van der Waals surface area contributed by atoms with Gasteiger partial charge in [0.2, 0.25) is 0 Å². The molecule has 3 heteroatoms. The van der Waals surface area contributed by atoms with Gasteiger partial charge in [0.05, 0.1) is 0 Å². The van der Waals surface area contributed by atoms with E-state index in [0.717, 1.165) is 12.3 Å². The number of unbranched alkanes of at least 4 members (excludes halogenated alkanes) is 2. The summed E-state index contributed by atoms with van der Waals surface area (Å²) in [6.07, 6.45) is 5.04. The third-order valence-corrected chi connectivity index (χ3v) is 2.43. The van der Waals surface area contributed by atoms with Crippen LogP contribution >= 0.6 is 11.6 Å². The van der Waals surface area contributed by atoms with E-state index in [2.05, 4.69) is 6.92 Å². The van der Waals surface area contributed by atoms with Crippen LogP contribution in [0.3, 0.4) is 0 Å². The number of halogens is 1. The SMILES string of the molecule is CCCC(=O)Oc1ccccc1.CCCCCCl. The molecule has 18 heavy (non-hydrogen) atoms. The van der Waals surface area contributed by atoms with Crippen molar-refractivity contribution in [3.8, 4) is 5.75 Å². The molecule has 0 aliphatic rings. The quantitative estimate of drug-likeness (QED) is 0.321. The zero-order chi connectivity index (χ0) is 13.6. The predicted molar refractivity (Wildman–Crippen MR) is 77.2 cm³/mol. The maximum atomic E-state index is 11.0. The van der Waals surface area contributed by atoms with Gasteiger partial charge in [-0.25, -0.2) is 0 Å². The Kier molecular flexibility index (Phi) is 11.7. The number of para-hydroxylation sites is 1. The second-order valence-electron chi connectivity index (χ2n) is 3.93. The Balaban J connectivity index is 0.000000411. The molecule has 0 aliphatic heterocycles. The highest BCUT2D eigenvalue weighted by Crippen LogP contribution is 2.09. The van der Waals surface area contributed by atoms with Crippen LogP contribution in [0.1, 0.15) is 46.0 Å². The first kappa shape index (κ1) is 17.0. The molecule has 0 atom stereocenters. The maximum Gasteiger partial charge on any atom is 0.311 e. The van der Waals surface area contributed by atoms with Gasteiger partial charge in [-0.3, -0.25) is 4.79 Å². The average Bonchev–Trinajstić information content (AvgIpc) is 2.38. The summed E-state index contributed by atoms with van der Waals surface area (Å²) in [7, 11) is 0. The van der Waals surface area contributed by atoms with Crippen LogP contribution in [0.25, 0.3) is 0 Å². The fourth-order valence-electron chi connectivity index (χ4n) is 1.22. The van der Waals surface area contributed by atoms with Gasteiger partial charge in [0.25, 0.3) is 0 Å². The van der Waals surface area contributed by atoms with Crippen molar-refractivity contribution >= 4 is 17.6 Å². The summed E-state index contributed by atoms with van der Waals surface area (Å²) in [4.78, 5) is 11.0. The summed E-state index contributed by atoms with van der Waals surface area (Å²) in [5.74, 6) is 1.29. The van der Waals surface area contributed by atoms with Crippen molar-refractivity contribution in [3.63, 3.8) is 0 Å². The lowest BCUT2D eigenvalue weighted by molar-refractivity contribution is -0.134. The Morgan fingerprint density at radius 2 is 1.78 bits per heavy atom. The lowest BCUT2D eigenvalue weighted by atomic mass is 10.3. The molecule has 1 rings (SSSR count). The van der Waals surface area contributed by atoms with Crippen LogP contribution in [0.2, 0.25) is 0 Å². The molecule has 0 saturated heterocycles. The van der Waals surface area contributed by atoms with E-state index in [9.17, 15) is 4.79 Å². The molecule has 0 unspecified atom stereocenters. The van der Waals surface area contributed by atoms with Gasteiger partial charge in [-0.15, -0.1) is 11.6 Å². The summed E-state index contributed by atoms with van der Waals surface area (Å²) < 4.78 is 5.02. The molecule has 102 valence electrons. The second kappa shape index (κ2) is 12.4. The molecule has 1 aromatic carbocycles. The highest BCUT2D eigenvalue weighted by Gasteiger charge is 2.00. The summed E-state index contributed by atoms with van der Waals surface area (Å²) in [5, 5.41) is 0. The van der Waals surface area contributed by atoms with Crippen molar-refractivity contribution in [3.05, 3.63) is 30.3 Å². The molecular formula is C15H23ClO2. The van der Waals surface area contributed by atoms with Crippen LogP contribution < -0.4 is 4.74 Å². The number of carbonyl (C=O) groups excluding carboxylic acids is 1. The number of ether oxygens (including phenoxy) is 1. The van der Waals surface area contributed by atoms with E-state index < -0.39 is 0 Å². The zero-order valence-electron chi connectivity index (χ0n) is 11.3. The molecule has 0 aromatic heterocycles. The largest absolute Gasteiger partial charge is 0.427 e. The molecule has 0 N–H and O–H groups in total. The van der Waals surface area contributed by atoms with E-state index in [1.165, 1.54) is 19.3 Å². The second-order valence-corrected chi connectivity index (χ2v) is 4.31.